The summed E-state index contributed by atoms with van der Waals surface area (Å²) in [4.78, 5) is 15.2. The zero-order chi connectivity index (χ0) is 14.3. The first-order valence-electron chi connectivity index (χ1n) is 5.76. The van der Waals surface area contributed by atoms with E-state index >= 15 is 0 Å². The predicted octanol–water partition coefficient (Wildman–Crippen LogP) is 0.891. The Morgan fingerprint density at radius 1 is 1.40 bits per heavy atom. The maximum Gasteiger partial charge on any atom is 0.338 e. The number of anilines is 1. The molecule has 0 aliphatic carbocycles. The molecular weight excluding hydrogens is 282 g/mol. The first-order chi connectivity index (χ1) is 9.45. The number of hydrogen-bond donors (Lipinski definition) is 1. The van der Waals surface area contributed by atoms with Gasteiger partial charge in [0, 0.05) is 24.5 Å². The van der Waals surface area contributed by atoms with Crippen LogP contribution in [0.15, 0.2) is 35.7 Å². The fraction of sp³-hybridized carbons (Fsp3) is 0.167. The molecule has 0 fully saturated rings. The first kappa shape index (κ1) is 12.7. The molecule has 0 radical (unpaired) electrons. The normalized spacial score (nSPS) is 13.9. The number of cyclic esters (lactones) is 1. The van der Waals surface area contributed by atoms with Gasteiger partial charge in [-0.2, -0.15) is 8.42 Å². The molecule has 104 valence electrons. The number of nitrogens with one attached hydrogen (secondary N) is 1. The molecule has 2 heterocycles. The number of aryl methyl sites for hydroxylation is 1. The monoisotopic (exact) mass is 293 g/mol. The van der Waals surface area contributed by atoms with Crippen molar-refractivity contribution >= 4 is 21.7 Å². The molecule has 0 amide bonds. The van der Waals surface area contributed by atoms with Gasteiger partial charge in [-0.15, -0.1) is 0 Å². The van der Waals surface area contributed by atoms with E-state index in [1.807, 2.05) is 0 Å². The van der Waals surface area contributed by atoms with E-state index in [0.717, 1.165) is 5.56 Å². The number of carbonyl (C=O) groups is 1. The van der Waals surface area contributed by atoms with Gasteiger partial charge in [-0.25, -0.2) is 9.78 Å². The van der Waals surface area contributed by atoms with Gasteiger partial charge in [-0.3, -0.25) is 4.72 Å². The van der Waals surface area contributed by atoms with Crippen molar-refractivity contribution in [3.05, 3.63) is 41.9 Å². The number of aromatic nitrogens is 2. The minimum Gasteiger partial charge on any atom is -0.457 e. The molecule has 0 saturated heterocycles. The van der Waals surface area contributed by atoms with Crippen molar-refractivity contribution in [2.45, 2.75) is 11.6 Å². The average molecular weight is 293 g/mol. The lowest BCUT2D eigenvalue weighted by molar-refractivity contribution is 0.0535. The van der Waals surface area contributed by atoms with Crippen LogP contribution in [0.3, 0.4) is 0 Å². The molecule has 8 heteroatoms. The van der Waals surface area contributed by atoms with Crippen molar-refractivity contribution in [1.29, 1.82) is 0 Å². The predicted molar refractivity (Wildman–Crippen MR) is 69.6 cm³/mol. The summed E-state index contributed by atoms with van der Waals surface area (Å²) in [7, 11) is -2.08. The van der Waals surface area contributed by atoms with Crippen LogP contribution in [0.4, 0.5) is 5.69 Å². The largest absolute Gasteiger partial charge is 0.457 e. The quantitative estimate of drug-likeness (QED) is 0.849. The molecule has 0 bridgehead atoms. The van der Waals surface area contributed by atoms with Crippen LogP contribution in [0, 0.1) is 0 Å². The van der Waals surface area contributed by atoms with Crippen LogP contribution in [-0.2, 0) is 28.4 Å². The van der Waals surface area contributed by atoms with Crippen LogP contribution in [0.25, 0.3) is 0 Å². The van der Waals surface area contributed by atoms with Crippen molar-refractivity contribution in [2.24, 2.45) is 7.05 Å². The van der Waals surface area contributed by atoms with E-state index in [9.17, 15) is 13.2 Å². The van der Waals surface area contributed by atoms with Crippen molar-refractivity contribution in [1.82, 2.24) is 9.55 Å². The fourth-order valence-electron chi connectivity index (χ4n) is 1.91. The van der Waals surface area contributed by atoms with Crippen molar-refractivity contribution in [3.63, 3.8) is 0 Å². The maximum atomic E-state index is 12.1. The fourth-order valence-corrected chi connectivity index (χ4v) is 2.94. The van der Waals surface area contributed by atoms with E-state index in [2.05, 4.69) is 9.71 Å². The van der Waals surface area contributed by atoms with Crippen molar-refractivity contribution < 1.29 is 17.9 Å². The lowest BCUT2D eigenvalue weighted by Gasteiger charge is -2.06. The molecule has 2 aromatic rings. The van der Waals surface area contributed by atoms with Crippen LogP contribution < -0.4 is 4.72 Å². The van der Waals surface area contributed by atoms with Crippen molar-refractivity contribution in [2.75, 3.05) is 4.72 Å². The summed E-state index contributed by atoms with van der Waals surface area (Å²) in [6.07, 6.45) is 2.79. The number of rotatable bonds is 3. The lowest BCUT2D eigenvalue weighted by Crippen LogP contribution is -2.13. The van der Waals surface area contributed by atoms with Gasteiger partial charge in [0.25, 0.3) is 10.0 Å². The molecule has 1 aliphatic heterocycles. The van der Waals surface area contributed by atoms with Crippen molar-refractivity contribution in [3.8, 4) is 0 Å². The molecule has 1 aromatic heterocycles. The lowest BCUT2D eigenvalue weighted by atomic mass is 10.1. The third kappa shape index (κ3) is 2.14. The molecule has 1 aromatic carbocycles. The Kier molecular flexibility index (Phi) is 2.75. The van der Waals surface area contributed by atoms with Crippen LogP contribution in [-0.4, -0.2) is 23.9 Å². The molecule has 0 saturated carbocycles. The third-order valence-corrected chi connectivity index (χ3v) is 4.16. The zero-order valence-corrected chi connectivity index (χ0v) is 11.3. The first-order valence-corrected chi connectivity index (χ1v) is 7.25. The van der Waals surface area contributed by atoms with Crippen LogP contribution >= 0.6 is 0 Å². The summed E-state index contributed by atoms with van der Waals surface area (Å²) in [5.41, 5.74) is 1.43. The maximum absolute atomic E-state index is 12.1. The second kappa shape index (κ2) is 4.34. The highest BCUT2D eigenvalue weighted by molar-refractivity contribution is 7.92. The smallest absolute Gasteiger partial charge is 0.338 e. The highest BCUT2D eigenvalue weighted by Gasteiger charge is 2.23. The number of carbonyl (C=O) groups excluding carboxylic acids is 1. The highest BCUT2D eigenvalue weighted by Crippen LogP contribution is 2.24. The molecule has 1 N–H and O–H groups in total. The topological polar surface area (TPSA) is 90.3 Å². The molecule has 0 spiro atoms. The van der Waals surface area contributed by atoms with Crippen LogP contribution in [0.5, 0.6) is 0 Å². The summed E-state index contributed by atoms with van der Waals surface area (Å²) in [5.74, 6) is -0.445. The average Bonchev–Trinajstić information content (AvgIpc) is 2.97. The van der Waals surface area contributed by atoms with Crippen LogP contribution in [0.2, 0.25) is 0 Å². The van der Waals surface area contributed by atoms with Gasteiger partial charge in [0.15, 0.2) is 5.03 Å². The van der Waals surface area contributed by atoms with E-state index in [1.165, 1.54) is 23.2 Å². The molecule has 7 nitrogen and oxygen atoms in total. The second-order valence-corrected chi connectivity index (χ2v) is 6.06. The van der Waals surface area contributed by atoms with Gasteiger partial charge in [-0.05, 0) is 12.1 Å². The standard InChI is InChI=1S/C12H11N3O4S/c1-15-5-11(13-7-15)20(17,18)14-9-3-2-8-6-19-12(16)10(8)4-9/h2-5,7,14H,6H2,1H3. The SMILES string of the molecule is Cn1cnc(S(=O)(=O)Nc2ccc3c(c2)C(=O)OC3)c1. The molecule has 20 heavy (non-hydrogen) atoms. The van der Waals surface area contributed by atoms with Gasteiger partial charge in [-0.1, -0.05) is 6.07 Å². The van der Waals surface area contributed by atoms with Crippen LogP contribution in [0.1, 0.15) is 15.9 Å². The molecular formula is C12H11N3O4S. The second-order valence-electron chi connectivity index (χ2n) is 4.43. The minimum atomic E-state index is -3.76. The number of fused-ring (bicyclic) bond motifs is 1. The Morgan fingerprint density at radius 2 is 2.20 bits per heavy atom. The Hall–Kier alpha value is -2.35. The number of esters is 1. The summed E-state index contributed by atoms with van der Waals surface area (Å²) in [5, 5.41) is -0.0805. The van der Waals surface area contributed by atoms with E-state index in [1.54, 1.807) is 19.2 Å². The van der Waals surface area contributed by atoms with Gasteiger partial charge in [0.2, 0.25) is 0 Å². The molecule has 3 rings (SSSR count). The van der Waals surface area contributed by atoms with Gasteiger partial charge in [0.05, 0.1) is 11.9 Å². The Morgan fingerprint density at radius 3 is 2.90 bits per heavy atom. The number of imidazole rings is 1. The van der Waals surface area contributed by atoms with Gasteiger partial charge >= 0.3 is 5.97 Å². The van der Waals surface area contributed by atoms with E-state index in [-0.39, 0.29) is 11.6 Å². The van der Waals surface area contributed by atoms with Gasteiger partial charge < -0.3 is 9.30 Å². The minimum absolute atomic E-state index is 0.0805. The summed E-state index contributed by atoms with van der Waals surface area (Å²) in [6, 6.07) is 4.71. The van der Waals surface area contributed by atoms with Gasteiger partial charge in [0.1, 0.15) is 6.61 Å². The zero-order valence-electron chi connectivity index (χ0n) is 10.5. The molecule has 0 atom stereocenters. The Bertz CT molecular complexity index is 795. The number of hydrogen-bond acceptors (Lipinski definition) is 5. The number of ether oxygens (including phenoxy) is 1. The van der Waals surface area contributed by atoms with E-state index in [4.69, 9.17) is 4.74 Å². The Balaban J connectivity index is 1.92. The number of nitrogens with zero attached hydrogens (tertiary/aromatic N) is 2. The summed E-state index contributed by atoms with van der Waals surface area (Å²) >= 11 is 0. The third-order valence-electron chi connectivity index (χ3n) is 2.90. The number of sulfonamides is 1. The summed E-state index contributed by atoms with van der Waals surface area (Å²) in [6.45, 7) is 0.224. The van der Waals surface area contributed by atoms with E-state index < -0.39 is 16.0 Å². The van der Waals surface area contributed by atoms with E-state index in [0.29, 0.717) is 11.3 Å². The summed E-state index contributed by atoms with van der Waals surface area (Å²) < 4.78 is 33.0. The number of benzene rings is 1. The highest BCUT2D eigenvalue weighted by atomic mass is 32.2. The Labute approximate surface area is 115 Å². The molecule has 1 aliphatic rings. The molecule has 0 unspecified atom stereocenters.